The molecule has 16 heavy (non-hydrogen) atoms. The smallest absolute Gasteiger partial charge is 0.162 e. The molecule has 3 heteroatoms. The maximum absolute atomic E-state index is 11.6. The molecule has 3 nitrogen and oxygen atoms in total. The van der Waals surface area contributed by atoms with E-state index in [0.29, 0.717) is 6.42 Å². The van der Waals surface area contributed by atoms with Gasteiger partial charge in [0.05, 0.1) is 6.20 Å². The Kier molecular flexibility index (Phi) is 2.86. The summed E-state index contributed by atoms with van der Waals surface area (Å²) in [5.74, 6) is 0.172. The maximum Gasteiger partial charge on any atom is 0.162 e. The van der Waals surface area contributed by atoms with Crippen molar-refractivity contribution in [3.05, 3.63) is 42.2 Å². The van der Waals surface area contributed by atoms with E-state index in [1.54, 1.807) is 10.9 Å². The molecule has 1 aromatic carbocycles. The second-order valence-corrected chi connectivity index (χ2v) is 3.76. The number of carbonyl (C=O) groups excluding carboxylic acids is 1. The van der Waals surface area contributed by atoms with Crippen molar-refractivity contribution < 1.29 is 4.79 Å². The zero-order valence-corrected chi connectivity index (χ0v) is 9.47. The van der Waals surface area contributed by atoms with Gasteiger partial charge in [-0.05, 0) is 11.6 Å². The molecular weight excluding hydrogens is 200 g/mol. The van der Waals surface area contributed by atoms with E-state index in [0.717, 1.165) is 16.7 Å². The van der Waals surface area contributed by atoms with Crippen molar-refractivity contribution in [1.29, 1.82) is 0 Å². The molecule has 0 amide bonds. The van der Waals surface area contributed by atoms with Crippen molar-refractivity contribution in [2.75, 3.05) is 0 Å². The number of aryl methyl sites for hydroxylation is 1. The van der Waals surface area contributed by atoms with E-state index in [1.165, 1.54) is 0 Å². The molecule has 2 aromatic rings. The van der Waals surface area contributed by atoms with Crippen LogP contribution in [0, 0.1) is 0 Å². The second-order valence-electron chi connectivity index (χ2n) is 3.76. The third-order valence-electron chi connectivity index (χ3n) is 2.54. The Morgan fingerprint density at radius 3 is 2.81 bits per heavy atom. The first-order valence-electron chi connectivity index (χ1n) is 5.33. The van der Waals surface area contributed by atoms with Gasteiger partial charge in [0.25, 0.3) is 0 Å². The highest BCUT2D eigenvalue weighted by Gasteiger charge is 2.05. The van der Waals surface area contributed by atoms with Gasteiger partial charge in [-0.2, -0.15) is 5.10 Å². The number of nitrogens with zero attached hydrogens (tertiary/aromatic N) is 2. The summed E-state index contributed by atoms with van der Waals surface area (Å²) >= 11 is 0. The van der Waals surface area contributed by atoms with Crippen LogP contribution in [0.4, 0.5) is 0 Å². The van der Waals surface area contributed by atoms with Crippen molar-refractivity contribution in [2.45, 2.75) is 13.3 Å². The SMILES string of the molecule is CCC(=O)c1cccc(-c2cnn(C)c2)c1. The van der Waals surface area contributed by atoms with Gasteiger partial charge in [-0.25, -0.2) is 0 Å². The van der Waals surface area contributed by atoms with Gasteiger partial charge < -0.3 is 0 Å². The van der Waals surface area contributed by atoms with E-state index in [2.05, 4.69) is 5.10 Å². The monoisotopic (exact) mass is 214 g/mol. The van der Waals surface area contributed by atoms with Crippen LogP contribution >= 0.6 is 0 Å². The molecule has 2 rings (SSSR count). The molecule has 0 atom stereocenters. The molecule has 82 valence electrons. The van der Waals surface area contributed by atoms with Crippen LogP contribution in [0.1, 0.15) is 23.7 Å². The van der Waals surface area contributed by atoms with Crippen LogP contribution in [0.3, 0.4) is 0 Å². The van der Waals surface area contributed by atoms with Crippen molar-refractivity contribution in [3.63, 3.8) is 0 Å². The van der Waals surface area contributed by atoms with Gasteiger partial charge in [-0.1, -0.05) is 25.1 Å². The molecule has 0 fully saturated rings. The lowest BCUT2D eigenvalue weighted by atomic mass is 10.0. The van der Waals surface area contributed by atoms with Crippen molar-refractivity contribution >= 4 is 5.78 Å². The molecule has 0 N–H and O–H groups in total. The Labute approximate surface area is 94.7 Å². The first-order valence-corrected chi connectivity index (χ1v) is 5.33. The Morgan fingerprint density at radius 2 is 2.19 bits per heavy atom. The molecule has 1 heterocycles. The zero-order chi connectivity index (χ0) is 11.5. The zero-order valence-electron chi connectivity index (χ0n) is 9.47. The Bertz CT molecular complexity index is 514. The molecule has 0 aliphatic rings. The molecule has 0 radical (unpaired) electrons. The predicted molar refractivity (Wildman–Crippen MR) is 63.3 cm³/mol. The summed E-state index contributed by atoms with van der Waals surface area (Å²) in [6.45, 7) is 1.87. The summed E-state index contributed by atoms with van der Waals surface area (Å²) in [5, 5.41) is 4.12. The Morgan fingerprint density at radius 1 is 1.38 bits per heavy atom. The number of hydrogen-bond acceptors (Lipinski definition) is 2. The van der Waals surface area contributed by atoms with Crippen LogP contribution in [0.15, 0.2) is 36.7 Å². The summed E-state index contributed by atoms with van der Waals surface area (Å²) < 4.78 is 1.75. The quantitative estimate of drug-likeness (QED) is 0.736. The van der Waals surface area contributed by atoms with Gasteiger partial charge >= 0.3 is 0 Å². The van der Waals surface area contributed by atoms with Crippen LogP contribution in [0.25, 0.3) is 11.1 Å². The number of aromatic nitrogens is 2. The third kappa shape index (κ3) is 2.03. The van der Waals surface area contributed by atoms with E-state index in [1.807, 2.05) is 44.4 Å². The fourth-order valence-electron chi connectivity index (χ4n) is 1.65. The first kappa shape index (κ1) is 10.6. The summed E-state index contributed by atoms with van der Waals surface area (Å²) in [7, 11) is 1.88. The minimum atomic E-state index is 0.172. The van der Waals surface area contributed by atoms with Gasteiger partial charge in [0.1, 0.15) is 0 Å². The van der Waals surface area contributed by atoms with Crippen LogP contribution in [0.5, 0.6) is 0 Å². The van der Waals surface area contributed by atoms with Crippen LogP contribution in [-0.2, 0) is 7.05 Å². The predicted octanol–water partition coefficient (Wildman–Crippen LogP) is 2.68. The van der Waals surface area contributed by atoms with Gasteiger partial charge in [-0.15, -0.1) is 0 Å². The highest BCUT2D eigenvalue weighted by Crippen LogP contribution is 2.20. The molecule has 0 unspecified atom stereocenters. The van der Waals surface area contributed by atoms with Crippen LogP contribution in [0.2, 0.25) is 0 Å². The number of rotatable bonds is 3. The van der Waals surface area contributed by atoms with Gasteiger partial charge in [-0.3, -0.25) is 9.48 Å². The highest BCUT2D eigenvalue weighted by atomic mass is 16.1. The Balaban J connectivity index is 2.39. The van der Waals surface area contributed by atoms with E-state index in [-0.39, 0.29) is 5.78 Å². The summed E-state index contributed by atoms with van der Waals surface area (Å²) in [6, 6.07) is 7.67. The highest BCUT2D eigenvalue weighted by molar-refractivity contribution is 5.96. The average Bonchev–Trinajstić information content (AvgIpc) is 2.75. The van der Waals surface area contributed by atoms with E-state index in [4.69, 9.17) is 0 Å². The topological polar surface area (TPSA) is 34.9 Å². The van der Waals surface area contributed by atoms with E-state index < -0.39 is 0 Å². The molecule has 0 spiro atoms. The van der Waals surface area contributed by atoms with Crippen LogP contribution in [-0.4, -0.2) is 15.6 Å². The lowest BCUT2D eigenvalue weighted by molar-refractivity contribution is 0.0988. The minimum absolute atomic E-state index is 0.172. The second kappa shape index (κ2) is 4.31. The lowest BCUT2D eigenvalue weighted by Crippen LogP contribution is -1.95. The summed E-state index contributed by atoms with van der Waals surface area (Å²) in [4.78, 5) is 11.6. The van der Waals surface area contributed by atoms with E-state index >= 15 is 0 Å². The van der Waals surface area contributed by atoms with Crippen molar-refractivity contribution in [3.8, 4) is 11.1 Å². The fourth-order valence-corrected chi connectivity index (χ4v) is 1.65. The van der Waals surface area contributed by atoms with Gasteiger partial charge in [0.2, 0.25) is 0 Å². The number of carbonyl (C=O) groups is 1. The summed E-state index contributed by atoms with van der Waals surface area (Å²) in [6.07, 6.45) is 4.28. The average molecular weight is 214 g/mol. The minimum Gasteiger partial charge on any atom is -0.294 e. The number of benzene rings is 1. The van der Waals surface area contributed by atoms with Crippen molar-refractivity contribution in [2.24, 2.45) is 7.05 Å². The number of Topliss-reactive ketones (excluding diaryl/α,β-unsaturated/α-hetero) is 1. The van der Waals surface area contributed by atoms with Gasteiger partial charge in [0.15, 0.2) is 5.78 Å². The third-order valence-corrected chi connectivity index (χ3v) is 2.54. The standard InChI is InChI=1S/C13H14N2O/c1-3-13(16)11-6-4-5-10(7-11)12-8-14-15(2)9-12/h4-9H,3H2,1-2H3. The number of ketones is 1. The van der Waals surface area contributed by atoms with Crippen LogP contribution < -0.4 is 0 Å². The van der Waals surface area contributed by atoms with E-state index in [9.17, 15) is 4.79 Å². The molecule has 0 saturated carbocycles. The molecular formula is C13H14N2O. The summed E-state index contributed by atoms with van der Waals surface area (Å²) in [5.41, 5.74) is 2.84. The van der Waals surface area contributed by atoms with Crippen molar-refractivity contribution in [1.82, 2.24) is 9.78 Å². The Hall–Kier alpha value is -1.90. The fraction of sp³-hybridized carbons (Fsp3) is 0.231. The lowest BCUT2D eigenvalue weighted by Gasteiger charge is -2.01. The molecule has 1 aromatic heterocycles. The number of hydrogen-bond donors (Lipinski definition) is 0. The molecule has 0 aliphatic carbocycles. The molecule has 0 aliphatic heterocycles. The first-order chi connectivity index (χ1) is 7.70. The molecule has 0 saturated heterocycles. The largest absolute Gasteiger partial charge is 0.294 e. The normalized spacial score (nSPS) is 10.4. The molecule has 0 bridgehead atoms. The maximum atomic E-state index is 11.6. The van der Waals surface area contributed by atoms with Gasteiger partial charge in [0, 0.05) is 30.8 Å².